The van der Waals surface area contributed by atoms with Crippen LogP contribution in [0.4, 0.5) is 0 Å². The van der Waals surface area contributed by atoms with Gasteiger partial charge in [-0.25, -0.2) is 0 Å². The molecule has 0 bridgehead atoms. The summed E-state index contributed by atoms with van der Waals surface area (Å²) in [6, 6.07) is 18.6. The predicted molar refractivity (Wildman–Crippen MR) is 120 cm³/mol. The zero-order chi connectivity index (χ0) is 21.5. The lowest BCUT2D eigenvalue weighted by molar-refractivity contribution is 0.475. The Morgan fingerprint density at radius 3 is 1.00 bits per heavy atom. The molecule has 2 aromatic carbocycles. The zero-order valence-electron chi connectivity index (χ0n) is 18.5. The molecule has 2 aromatic rings. The van der Waals surface area contributed by atoms with Crippen molar-refractivity contribution < 1.29 is 10.2 Å². The number of aromatic hydroxyl groups is 2. The Bertz CT molecular complexity index is 429. The fourth-order valence-corrected chi connectivity index (χ4v) is 1.32. The van der Waals surface area contributed by atoms with Gasteiger partial charge in [0.15, 0.2) is 0 Å². The molecule has 156 valence electrons. The summed E-state index contributed by atoms with van der Waals surface area (Å²) >= 11 is 0. The van der Waals surface area contributed by atoms with Gasteiger partial charge in [-0.15, -0.1) is 0 Å². The van der Waals surface area contributed by atoms with E-state index >= 15 is 0 Å². The van der Waals surface area contributed by atoms with Gasteiger partial charge in [0, 0.05) is 18.8 Å². The Morgan fingerprint density at radius 2 is 0.852 bits per heavy atom. The molecule has 0 aromatic heterocycles. The maximum absolute atomic E-state index is 8.63. The Kier molecular flexibility index (Phi) is 26.4. The van der Waals surface area contributed by atoms with Gasteiger partial charge in [-0.05, 0) is 52.0 Å². The summed E-state index contributed by atoms with van der Waals surface area (Å²) in [5.74, 6) is 0.644. The van der Waals surface area contributed by atoms with Gasteiger partial charge < -0.3 is 20.8 Å². The predicted octanol–water partition coefficient (Wildman–Crippen LogP) is 5.78. The first-order chi connectivity index (χ1) is 12.9. The van der Waals surface area contributed by atoms with Gasteiger partial charge >= 0.3 is 0 Å². The molecule has 0 heterocycles. The monoisotopic (exact) mass is 378 g/mol. The molecule has 0 saturated heterocycles. The molecule has 4 N–H and O–H groups in total. The molecule has 0 aliphatic rings. The molecule has 0 fully saturated rings. The summed E-state index contributed by atoms with van der Waals surface area (Å²) in [6.45, 7) is 17.5. The van der Waals surface area contributed by atoms with Crippen molar-refractivity contribution in [2.45, 2.75) is 67.5 Å². The highest BCUT2D eigenvalue weighted by molar-refractivity contribution is 5.19. The molecule has 27 heavy (non-hydrogen) atoms. The van der Waals surface area contributed by atoms with E-state index in [4.69, 9.17) is 10.2 Å². The molecule has 0 unspecified atom stereocenters. The van der Waals surface area contributed by atoms with Crippen molar-refractivity contribution in [2.24, 2.45) is 0 Å². The quantitative estimate of drug-likeness (QED) is 0.509. The third kappa shape index (κ3) is 29.0. The number of hydrogen-bond donors (Lipinski definition) is 4. The second-order valence-electron chi connectivity index (χ2n) is 5.57. The van der Waals surface area contributed by atoms with E-state index in [0.29, 0.717) is 23.6 Å². The van der Waals surface area contributed by atoms with E-state index in [0.717, 1.165) is 6.67 Å². The normalized spacial score (nSPS) is 8.67. The van der Waals surface area contributed by atoms with Crippen LogP contribution in [0.2, 0.25) is 0 Å². The van der Waals surface area contributed by atoms with Gasteiger partial charge in [0.2, 0.25) is 0 Å². The van der Waals surface area contributed by atoms with Crippen molar-refractivity contribution in [2.75, 3.05) is 6.67 Å². The molecule has 0 aliphatic heterocycles. The van der Waals surface area contributed by atoms with E-state index in [1.165, 1.54) is 0 Å². The minimum absolute atomic E-state index is 0.322. The molecule has 0 aliphatic carbocycles. The molecule has 4 nitrogen and oxygen atoms in total. The summed E-state index contributed by atoms with van der Waals surface area (Å²) in [5.41, 5.74) is 0. The van der Waals surface area contributed by atoms with Crippen LogP contribution in [-0.2, 0) is 0 Å². The molecule has 0 amide bonds. The third-order valence-electron chi connectivity index (χ3n) is 2.53. The van der Waals surface area contributed by atoms with Crippen LogP contribution in [0.25, 0.3) is 0 Å². The topological polar surface area (TPSA) is 64.5 Å². The van der Waals surface area contributed by atoms with Crippen molar-refractivity contribution in [3.05, 3.63) is 60.7 Å². The molecular formula is C23H42N2O2. The van der Waals surface area contributed by atoms with Crippen LogP contribution in [0.5, 0.6) is 11.5 Å². The van der Waals surface area contributed by atoms with Gasteiger partial charge in [0.05, 0.1) is 0 Å². The number of nitrogens with one attached hydrogen (secondary N) is 2. The minimum atomic E-state index is 0.322. The molecule has 0 saturated carbocycles. The van der Waals surface area contributed by atoms with Crippen molar-refractivity contribution >= 4 is 0 Å². The average molecular weight is 379 g/mol. The van der Waals surface area contributed by atoms with Crippen LogP contribution >= 0.6 is 0 Å². The van der Waals surface area contributed by atoms with E-state index in [9.17, 15) is 0 Å². The zero-order valence-corrected chi connectivity index (χ0v) is 18.5. The fraction of sp³-hybridized carbons (Fsp3) is 0.478. The molecule has 0 atom stereocenters. The Morgan fingerprint density at radius 1 is 0.593 bits per heavy atom. The van der Waals surface area contributed by atoms with Crippen molar-refractivity contribution in [3.8, 4) is 11.5 Å². The van der Waals surface area contributed by atoms with Crippen molar-refractivity contribution in [3.63, 3.8) is 0 Å². The Balaban J connectivity index is -0.000000294. The van der Waals surface area contributed by atoms with E-state index in [1.54, 1.807) is 48.5 Å². The lowest BCUT2D eigenvalue weighted by Crippen LogP contribution is -2.37. The van der Waals surface area contributed by atoms with Gasteiger partial charge in [-0.2, -0.15) is 0 Å². The van der Waals surface area contributed by atoms with E-state index in [2.05, 4.69) is 38.3 Å². The summed E-state index contributed by atoms with van der Waals surface area (Å²) in [5, 5.41) is 23.8. The molecular weight excluding hydrogens is 336 g/mol. The number of rotatable bonds is 4. The van der Waals surface area contributed by atoms with Gasteiger partial charge in [-0.3, -0.25) is 0 Å². The number of hydrogen-bond acceptors (Lipinski definition) is 4. The highest BCUT2D eigenvalue weighted by atomic mass is 16.3. The van der Waals surface area contributed by atoms with Crippen LogP contribution < -0.4 is 10.6 Å². The number of para-hydroxylation sites is 2. The second-order valence-corrected chi connectivity index (χ2v) is 5.57. The molecule has 0 spiro atoms. The molecule has 2 rings (SSSR count). The fourth-order valence-electron chi connectivity index (χ4n) is 1.32. The molecule has 4 heteroatoms. The van der Waals surface area contributed by atoms with Crippen LogP contribution in [0.3, 0.4) is 0 Å². The first-order valence-corrected chi connectivity index (χ1v) is 9.86. The van der Waals surface area contributed by atoms with Crippen molar-refractivity contribution in [1.29, 1.82) is 0 Å². The lowest BCUT2D eigenvalue weighted by Gasteiger charge is -2.11. The standard InChI is InChI=1S/C7H18N2.2C6H6O.2C2H6/c1-6(2)8-5-9-7(3)4;2*7-6-4-2-1-3-5-6;2*1-2/h6-9H,5H2,1-4H3;2*1-5,7H;2*1-2H3. The summed E-state index contributed by atoms with van der Waals surface area (Å²) in [7, 11) is 0. The summed E-state index contributed by atoms with van der Waals surface area (Å²) in [6.07, 6.45) is 0. The largest absolute Gasteiger partial charge is 0.508 e. The minimum Gasteiger partial charge on any atom is -0.508 e. The smallest absolute Gasteiger partial charge is 0.115 e. The van der Waals surface area contributed by atoms with E-state index in [-0.39, 0.29) is 0 Å². The molecule has 0 radical (unpaired) electrons. The van der Waals surface area contributed by atoms with Crippen LogP contribution in [0.1, 0.15) is 55.4 Å². The van der Waals surface area contributed by atoms with Gasteiger partial charge in [-0.1, -0.05) is 64.1 Å². The third-order valence-corrected chi connectivity index (χ3v) is 2.53. The maximum atomic E-state index is 8.63. The average Bonchev–Trinajstić information content (AvgIpc) is 2.67. The van der Waals surface area contributed by atoms with Crippen LogP contribution in [-0.4, -0.2) is 29.0 Å². The van der Waals surface area contributed by atoms with Crippen molar-refractivity contribution in [1.82, 2.24) is 10.6 Å². The van der Waals surface area contributed by atoms with E-state index < -0.39 is 0 Å². The highest BCUT2D eigenvalue weighted by Gasteiger charge is 1.91. The summed E-state index contributed by atoms with van der Waals surface area (Å²) in [4.78, 5) is 0. The summed E-state index contributed by atoms with van der Waals surface area (Å²) < 4.78 is 0. The van der Waals surface area contributed by atoms with Crippen LogP contribution in [0.15, 0.2) is 60.7 Å². The number of phenols is 2. The second kappa shape index (κ2) is 24.0. The Labute approximate surface area is 167 Å². The van der Waals surface area contributed by atoms with Crippen LogP contribution in [0, 0.1) is 0 Å². The number of benzene rings is 2. The van der Waals surface area contributed by atoms with Gasteiger partial charge in [0.1, 0.15) is 11.5 Å². The highest BCUT2D eigenvalue weighted by Crippen LogP contribution is 2.03. The lowest BCUT2D eigenvalue weighted by atomic mass is 10.3. The van der Waals surface area contributed by atoms with Gasteiger partial charge in [0.25, 0.3) is 0 Å². The van der Waals surface area contributed by atoms with E-state index in [1.807, 2.05) is 39.8 Å². The first-order valence-electron chi connectivity index (χ1n) is 9.86. The SMILES string of the molecule is CC.CC.CC(C)NCNC(C)C.Oc1ccccc1.Oc1ccccc1. The first kappa shape index (κ1) is 29.7. The Hall–Kier alpha value is -2.04. The maximum Gasteiger partial charge on any atom is 0.115 e. The number of phenolic OH excluding ortho intramolecular Hbond substituents is 2.